The van der Waals surface area contributed by atoms with Crippen molar-refractivity contribution in [3.63, 3.8) is 0 Å². The summed E-state index contributed by atoms with van der Waals surface area (Å²) in [6, 6.07) is 63.8. The van der Waals surface area contributed by atoms with Crippen molar-refractivity contribution in [3.05, 3.63) is 199 Å². The number of rotatable bonds is 5. The fourth-order valence-electron chi connectivity index (χ4n) is 8.78. The molecule has 2 atom stereocenters. The Hall–Kier alpha value is -7.41. The van der Waals surface area contributed by atoms with Crippen molar-refractivity contribution in [1.29, 1.82) is 0 Å². The molecule has 1 aliphatic rings. The number of fused-ring (bicyclic) bond motifs is 9. The van der Waals surface area contributed by atoms with E-state index < -0.39 is 0 Å². The van der Waals surface area contributed by atoms with Crippen molar-refractivity contribution in [2.24, 2.45) is 4.99 Å². The van der Waals surface area contributed by atoms with Crippen molar-refractivity contribution >= 4 is 71.5 Å². The summed E-state index contributed by atoms with van der Waals surface area (Å²) in [5.74, 6) is 0.858. The zero-order chi connectivity index (χ0) is 37.5. The number of amidine groups is 1. The highest BCUT2D eigenvalue weighted by molar-refractivity contribution is 6.13. The van der Waals surface area contributed by atoms with Crippen LogP contribution in [0.5, 0.6) is 0 Å². The summed E-state index contributed by atoms with van der Waals surface area (Å²) in [5.41, 5.74) is 12.2. The lowest BCUT2D eigenvalue weighted by Crippen LogP contribution is -2.44. The van der Waals surface area contributed by atoms with Crippen LogP contribution in [-0.4, -0.2) is 10.4 Å². The van der Waals surface area contributed by atoms with E-state index in [1.54, 1.807) is 0 Å². The minimum atomic E-state index is -0.268. The smallest absolute Gasteiger partial charge is 0.143 e. The zero-order valence-corrected chi connectivity index (χ0v) is 30.7. The molecule has 0 saturated carbocycles. The summed E-state index contributed by atoms with van der Waals surface area (Å²) in [7, 11) is 0. The van der Waals surface area contributed by atoms with Crippen LogP contribution in [0.3, 0.4) is 0 Å². The summed E-state index contributed by atoms with van der Waals surface area (Å²) in [5, 5.41) is 14.1. The van der Waals surface area contributed by atoms with E-state index in [2.05, 4.69) is 173 Å². The molecule has 0 aliphatic carbocycles. The second-order valence-corrected chi connectivity index (χ2v) is 14.8. The number of hydrogen-bond donors (Lipinski definition) is 2. The number of aromatic nitrogens is 1. The van der Waals surface area contributed by atoms with Crippen LogP contribution < -0.4 is 10.6 Å². The summed E-state index contributed by atoms with van der Waals surface area (Å²) in [6.45, 7) is 0. The topological polar surface area (TPSA) is 67.6 Å². The molecule has 12 rings (SSSR count). The Morgan fingerprint density at radius 2 is 1.14 bits per heavy atom. The van der Waals surface area contributed by atoms with Crippen LogP contribution in [-0.2, 0) is 0 Å². The molecule has 0 bridgehead atoms. The maximum absolute atomic E-state index is 6.66. The second-order valence-electron chi connectivity index (χ2n) is 14.8. The predicted octanol–water partition coefficient (Wildman–Crippen LogP) is 12.6. The predicted molar refractivity (Wildman–Crippen MR) is 232 cm³/mol. The highest BCUT2D eigenvalue weighted by Crippen LogP contribution is 2.40. The van der Waals surface area contributed by atoms with Crippen LogP contribution in [0.2, 0.25) is 0 Å². The van der Waals surface area contributed by atoms with Gasteiger partial charge in [-0.05, 0) is 71.3 Å². The van der Waals surface area contributed by atoms with Gasteiger partial charge in [-0.1, -0.05) is 127 Å². The van der Waals surface area contributed by atoms with E-state index >= 15 is 0 Å². The van der Waals surface area contributed by atoms with E-state index in [0.29, 0.717) is 0 Å². The van der Waals surface area contributed by atoms with Gasteiger partial charge in [-0.15, -0.1) is 0 Å². The average Bonchev–Trinajstić information content (AvgIpc) is 3.95. The minimum Gasteiger partial charge on any atom is -0.456 e. The van der Waals surface area contributed by atoms with Gasteiger partial charge in [0, 0.05) is 49.1 Å². The fraction of sp³-hybridized carbons (Fsp3) is 0.0392. The van der Waals surface area contributed by atoms with Gasteiger partial charge in [0.15, 0.2) is 0 Å². The van der Waals surface area contributed by atoms with E-state index in [0.717, 1.165) is 83.2 Å². The number of hydrogen-bond acceptors (Lipinski definition) is 5. The van der Waals surface area contributed by atoms with Crippen molar-refractivity contribution in [2.75, 3.05) is 0 Å². The summed E-state index contributed by atoms with van der Waals surface area (Å²) < 4.78 is 15.5. The van der Waals surface area contributed by atoms with Crippen LogP contribution in [0.1, 0.15) is 29.0 Å². The van der Waals surface area contributed by atoms with Gasteiger partial charge in [-0.3, -0.25) is 5.32 Å². The van der Waals surface area contributed by atoms with Gasteiger partial charge in [-0.2, -0.15) is 0 Å². The van der Waals surface area contributed by atoms with E-state index in [-0.39, 0.29) is 12.3 Å². The number of nitrogens with one attached hydrogen (secondary N) is 2. The third kappa shape index (κ3) is 5.12. The first-order chi connectivity index (χ1) is 28.2. The maximum Gasteiger partial charge on any atom is 0.143 e. The number of para-hydroxylation sites is 3. The first-order valence-corrected chi connectivity index (χ1v) is 19.3. The van der Waals surface area contributed by atoms with Crippen molar-refractivity contribution < 1.29 is 8.83 Å². The zero-order valence-electron chi connectivity index (χ0n) is 30.7. The third-order valence-corrected chi connectivity index (χ3v) is 11.5. The molecular weight excluding hydrogens is 701 g/mol. The molecule has 11 aromatic rings. The first kappa shape index (κ1) is 31.9. The number of benzene rings is 8. The molecule has 6 heteroatoms. The van der Waals surface area contributed by atoms with Crippen LogP contribution in [0.25, 0.3) is 82.5 Å². The standard InChI is InChI=1S/C51H34N4O2/c1-3-12-31(13-4-1)49-52-50(32-14-5-2-6-15-32)54-51(53-49)34-23-26-46-41(28-34)40-19-11-18-36(48(40)57-46)33-22-25-39-42-30-35(24-27-45(42)56-47(39)29-33)55-43-20-9-7-16-37(43)38-17-8-10-21-44(38)55/h1-30,49,51,53H,(H,52,54). The van der Waals surface area contributed by atoms with Crippen LogP contribution in [0, 0.1) is 0 Å². The maximum atomic E-state index is 6.66. The third-order valence-electron chi connectivity index (χ3n) is 11.5. The summed E-state index contributed by atoms with van der Waals surface area (Å²) in [4.78, 5) is 5.18. The molecular formula is C51H34N4O2. The molecule has 0 radical (unpaired) electrons. The van der Waals surface area contributed by atoms with Crippen molar-refractivity contribution in [3.8, 4) is 16.8 Å². The van der Waals surface area contributed by atoms with Gasteiger partial charge in [0.25, 0.3) is 0 Å². The molecule has 1 aliphatic heterocycles. The fourth-order valence-corrected chi connectivity index (χ4v) is 8.78. The summed E-state index contributed by atoms with van der Waals surface area (Å²) in [6.07, 6.45) is -0.379. The Labute approximate surface area is 327 Å². The first-order valence-electron chi connectivity index (χ1n) is 19.3. The monoisotopic (exact) mass is 734 g/mol. The van der Waals surface area contributed by atoms with Crippen LogP contribution >= 0.6 is 0 Å². The lowest BCUT2D eigenvalue weighted by atomic mass is 10.00. The van der Waals surface area contributed by atoms with E-state index in [1.165, 1.54) is 21.8 Å². The molecule has 3 aromatic heterocycles. The molecule has 270 valence electrons. The second kappa shape index (κ2) is 12.6. The minimum absolute atomic E-state index is 0.110. The quantitative estimate of drug-likeness (QED) is 0.185. The van der Waals surface area contributed by atoms with Gasteiger partial charge < -0.3 is 18.7 Å². The van der Waals surface area contributed by atoms with E-state index in [4.69, 9.17) is 13.8 Å². The summed E-state index contributed by atoms with van der Waals surface area (Å²) >= 11 is 0. The number of furan rings is 2. The Balaban J connectivity index is 0.934. The highest BCUT2D eigenvalue weighted by Gasteiger charge is 2.26. The number of aliphatic imine (C=N–C) groups is 1. The SMILES string of the molecule is c1ccc(C2=NC(c3ccc4oc5c(-c6ccc7c(c6)oc6ccc(-n8c9ccccc9c9ccccc98)cc67)cccc5c4c3)NC(c3ccccc3)N2)cc1. The largest absolute Gasteiger partial charge is 0.456 e. The molecule has 2 N–H and O–H groups in total. The highest BCUT2D eigenvalue weighted by atomic mass is 16.3. The molecule has 0 saturated heterocycles. The number of nitrogens with zero attached hydrogens (tertiary/aromatic N) is 2. The van der Waals surface area contributed by atoms with Gasteiger partial charge in [-0.25, -0.2) is 4.99 Å². The van der Waals surface area contributed by atoms with Gasteiger partial charge in [0.1, 0.15) is 40.5 Å². The molecule has 8 aromatic carbocycles. The Morgan fingerprint density at radius 3 is 1.95 bits per heavy atom. The molecule has 6 nitrogen and oxygen atoms in total. The van der Waals surface area contributed by atoms with Gasteiger partial charge >= 0.3 is 0 Å². The molecule has 2 unspecified atom stereocenters. The van der Waals surface area contributed by atoms with Crippen LogP contribution in [0.15, 0.2) is 196 Å². The van der Waals surface area contributed by atoms with E-state index in [9.17, 15) is 0 Å². The normalized spacial score (nSPS) is 15.9. The molecule has 57 heavy (non-hydrogen) atoms. The Kier molecular flexibility index (Phi) is 7.03. The Bertz CT molecular complexity index is 3320. The Morgan fingerprint density at radius 1 is 0.456 bits per heavy atom. The van der Waals surface area contributed by atoms with Crippen molar-refractivity contribution in [1.82, 2.24) is 15.2 Å². The molecule has 0 amide bonds. The lowest BCUT2D eigenvalue weighted by molar-refractivity contribution is 0.409. The molecule has 0 fully saturated rings. The van der Waals surface area contributed by atoms with Gasteiger partial charge in [0.05, 0.1) is 11.0 Å². The molecule has 0 spiro atoms. The average molecular weight is 735 g/mol. The van der Waals surface area contributed by atoms with Crippen LogP contribution in [0.4, 0.5) is 0 Å². The van der Waals surface area contributed by atoms with E-state index in [1.807, 2.05) is 24.3 Å². The lowest BCUT2D eigenvalue weighted by Gasteiger charge is -2.32. The van der Waals surface area contributed by atoms with Gasteiger partial charge in [0.2, 0.25) is 0 Å². The van der Waals surface area contributed by atoms with Crippen molar-refractivity contribution in [2.45, 2.75) is 12.3 Å². The molecule has 4 heterocycles.